The molecule has 5 nitrogen and oxygen atoms in total. The fourth-order valence-electron chi connectivity index (χ4n) is 2.40. The number of amides is 2. The van der Waals surface area contributed by atoms with Crippen molar-refractivity contribution >= 4 is 29.4 Å². The highest BCUT2D eigenvalue weighted by Crippen LogP contribution is 2.27. The lowest BCUT2D eigenvalue weighted by molar-refractivity contribution is -0.135. The second kappa shape index (κ2) is 5.63. The number of benzene rings is 1. The second-order valence-corrected chi connectivity index (χ2v) is 5.44. The Balaban J connectivity index is 2.28. The van der Waals surface area contributed by atoms with E-state index in [2.05, 4.69) is 0 Å². The second-order valence-electron chi connectivity index (χ2n) is 5.00. The van der Waals surface area contributed by atoms with E-state index in [9.17, 15) is 14.4 Å². The predicted octanol–water partition coefficient (Wildman–Crippen LogP) is 2.69. The summed E-state index contributed by atoms with van der Waals surface area (Å²) in [7, 11) is 0. The van der Waals surface area contributed by atoms with Gasteiger partial charge in [-0.25, -0.2) is 9.69 Å². The van der Waals surface area contributed by atoms with Crippen molar-refractivity contribution in [2.75, 3.05) is 6.54 Å². The van der Waals surface area contributed by atoms with E-state index >= 15 is 0 Å². The molecule has 1 unspecified atom stereocenters. The minimum Gasteiger partial charge on any atom is -0.465 e. The minimum absolute atomic E-state index is 0.0445. The van der Waals surface area contributed by atoms with Crippen molar-refractivity contribution in [3.05, 3.63) is 34.9 Å². The van der Waals surface area contributed by atoms with Crippen LogP contribution >= 0.6 is 11.6 Å². The minimum atomic E-state index is -1.31. The lowest BCUT2D eigenvalue weighted by Gasteiger charge is -2.32. The third kappa shape index (κ3) is 2.82. The number of ketones is 1. The van der Waals surface area contributed by atoms with Crippen LogP contribution in [-0.4, -0.2) is 34.3 Å². The third-order valence-corrected chi connectivity index (χ3v) is 3.59. The van der Waals surface area contributed by atoms with Gasteiger partial charge >= 0.3 is 6.09 Å². The zero-order chi connectivity index (χ0) is 14.9. The molecule has 0 aliphatic carbocycles. The van der Waals surface area contributed by atoms with Crippen LogP contribution in [0.25, 0.3) is 0 Å². The number of rotatable bonds is 2. The highest BCUT2D eigenvalue weighted by molar-refractivity contribution is 6.31. The van der Waals surface area contributed by atoms with Crippen LogP contribution in [0.2, 0.25) is 5.02 Å². The van der Waals surface area contributed by atoms with Crippen LogP contribution in [0.15, 0.2) is 24.3 Å². The first-order valence-electron chi connectivity index (χ1n) is 6.24. The number of imide groups is 1. The lowest BCUT2D eigenvalue weighted by atomic mass is 9.84. The highest BCUT2D eigenvalue weighted by Gasteiger charge is 2.40. The fourth-order valence-corrected chi connectivity index (χ4v) is 2.59. The van der Waals surface area contributed by atoms with Crippen molar-refractivity contribution in [1.82, 2.24) is 4.90 Å². The van der Waals surface area contributed by atoms with E-state index in [4.69, 9.17) is 16.7 Å². The van der Waals surface area contributed by atoms with Crippen LogP contribution in [-0.2, 0) is 4.79 Å². The number of carbonyl (C=O) groups excluding carboxylic acids is 2. The number of piperidine rings is 1. The van der Waals surface area contributed by atoms with Gasteiger partial charge in [0, 0.05) is 17.1 Å². The molecule has 1 aliphatic heterocycles. The fraction of sp³-hybridized carbons (Fsp3) is 0.357. The first kappa shape index (κ1) is 14.5. The predicted molar refractivity (Wildman–Crippen MR) is 72.8 cm³/mol. The molecule has 2 atom stereocenters. The average molecular weight is 296 g/mol. The summed E-state index contributed by atoms with van der Waals surface area (Å²) < 4.78 is 0. The Morgan fingerprint density at radius 2 is 2.10 bits per heavy atom. The van der Waals surface area contributed by atoms with Gasteiger partial charge in [-0.1, -0.05) is 30.7 Å². The van der Waals surface area contributed by atoms with E-state index in [-0.39, 0.29) is 18.2 Å². The lowest BCUT2D eigenvalue weighted by Crippen LogP contribution is -2.49. The van der Waals surface area contributed by atoms with Gasteiger partial charge < -0.3 is 5.11 Å². The maximum atomic E-state index is 12.4. The summed E-state index contributed by atoms with van der Waals surface area (Å²) in [5.41, 5.74) is 0.329. The maximum Gasteiger partial charge on any atom is 0.414 e. The Kier molecular flexibility index (Phi) is 4.09. The third-order valence-electron chi connectivity index (χ3n) is 3.35. The van der Waals surface area contributed by atoms with Gasteiger partial charge in [0.25, 0.3) is 0 Å². The highest BCUT2D eigenvalue weighted by atomic mass is 35.5. The van der Waals surface area contributed by atoms with Gasteiger partial charge in [0.2, 0.25) is 5.91 Å². The summed E-state index contributed by atoms with van der Waals surface area (Å²) in [6.45, 7) is 1.95. The molecule has 20 heavy (non-hydrogen) atoms. The monoisotopic (exact) mass is 295 g/mol. The zero-order valence-corrected chi connectivity index (χ0v) is 11.6. The largest absolute Gasteiger partial charge is 0.465 e. The normalized spacial score (nSPS) is 22.7. The van der Waals surface area contributed by atoms with Crippen molar-refractivity contribution in [2.24, 2.45) is 11.8 Å². The van der Waals surface area contributed by atoms with Crippen LogP contribution in [0.4, 0.5) is 4.79 Å². The molecule has 1 aromatic carbocycles. The first-order chi connectivity index (χ1) is 9.40. The van der Waals surface area contributed by atoms with Crippen molar-refractivity contribution in [3.63, 3.8) is 0 Å². The van der Waals surface area contributed by atoms with Crippen LogP contribution in [0.5, 0.6) is 0 Å². The van der Waals surface area contributed by atoms with E-state index < -0.39 is 17.9 Å². The number of hydrogen-bond donors (Lipinski definition) is 1. The topological polar surface area (TPSA) is 74.7 Å². The molecular formula is C14H14ClNO4. The van der Waals surface area contributed by atoms with Crippen LogP contribution in [0.3, 0.4) is 0 Å². The average Bonchev–Trinajstić information content (AvgIpc) is 2.40. The summed E-state index contributed by atoms with van der Waals surface area (Å²) >= 11 is 5.83. The van der Waals surface area contributed by atoms with E-state index in [1.807, 2.05) is 6.92 Å². The van der Waals surface area contributed by atoms with E-state index in [1.54, 1.807) is 18.2 Å². The van der Waals surface area contributed by atoms with Gasteiger partial charge in [-0.3, -0.25) is 9.59 Å². The van der Waals surface area contributed by atoms with Crippen molar-refractivity contribution < 1.29 is 19.5 Å². The molecule has 6 heteroatoms. The standard InChI is InChI=1S/C14H14ClNO4/c1-8-5-11(13(18)16(7-8)14(19)20)12(17)9-3-2-4-10(15)6-9/h2-4,6,8,11H,5,7H2,1H3,(H,19,20)/t8-,11?/m0/s1. The molecule has 0 radical (unpaired) electrons. The quantitative estimate of drug-likeness (QED) is 0.672. The summed E-state index contributed by atoms with van der Waals surface area (Å²) in [5.74, 6) is -2.03. The molecule has 1 aliphatic rings. The SMILES string of the molecule is C[C@H]1CC(C(=O)c2cccc(Cl)c2)C(=O)N(C(=O)O)C1. The molecule has 1 heterocycles. The van der Waals surface area contributed by atoms with E-state index in [0.717, 1.165) is 4.90 Å². The smallest absolute Gasteiger partial charge is 0.414 e. The molecule has 0 saturated carbocycles. The molecule has 0 spiro atoms. The van der Waals surface area contributed by atoms with Crippen LogP contribution < -0.4 is 0 Å². The summed E-state index contributed by atoms with van der Waals surface area (Å²) in [4.78, 5) is 36.2. The van der Waals surface area contributed by atoms with E-state index in [0.29, 0.717) is 17.0 Å². The molecule has 0 bridgehead atoms. The van der Waals surface area contributed by atoms with Gasteiger partial charge in [0.1, 0.15) is 5.92 Å². The van der Waals surface area contributed by atoms with Gasteiger partial charge in [0.05, 0.1) is 0 Å². The molecule has 106 valence electrons. The molecule has 1 saturated heterocycles. The first-order valence-corrected chi connectivity index (χ1v) is 6.62. The van der Waals surface area contributed by atoms with Crippen LogP contribution in [0, 0.1) is 11.8 Å². The van der Waals surface area contributed by atoms with E-state index in [1.165, 1.54) is 6.07 Å². The Morgan fingerprint density at radius 3 is 2.70 bits per heavy atom. The number of carbonyl (C=O) groups is 3. The molecule has 2 rings (SSSR count). The maximum absolute atomic E-state index is 12.4. The molecule has 0 aromatic heterocycles. The number of halogens is 1. The zero-order valence-electron chi connectivity index (χ0n) is 10.9. The van der Waals surface area contributed by atoms with Gasteiger partial charge in [0.15, 0.2) is 5.78 Å². The number of hydrogen-bond acceptors (Lipinski definition) is 3. The summed E-state index contributed by atoms with van der Waals surface area (Å²) in [6.07, 6.45) is -0.959. The van der Waals surface area contributed by atoms with Gasteiger partial charge in [-0.05, 0) is 24.5 Å². The molecule has 1 aromatic rings. The van der Waals surface area contributed by atoms with Crippen LogP contribution in [0.1, 0.15) is 23.7 Å². The summed E-state index contributed by atoms with van der Waals surface area (Å²) in [6, 6.07) is 6.32. The number of likely N-dealkylation sites (tertiary alicyclic amines) is 1. The van der Waals surface area contributed by atoms with Crippen molar-refractivity contribution in [2.45, 2.75) is 13.3 Å². The molecule has 1 N–H and O–H groups in total. The summed E-state index contributed by atoms with van der Waals surface area (Å²) in [5, 5.41) is 9.42. The van der Waals surface area contributed by atoms with Crippen molar-refractivity contribution in [3.8, 4) is 0 Å². The number of nitrogens with zero attached hydrogens (tertiary/aromatic N) is 1. The Bertz CT molecular complexity index is 572. The number of carboxylic acid groups (broad SMARTS) is 1. The molecular weight excluding hydrogens is 282 g/mol. The van der Waals surface area contributed by atoms with Crippen molar-refractivity contribution in [1.29, 1.82) is 0 Å². The Hall–Kier alpha value is -1.88. The Labute approximate surface area is 121 Å². The Morgan fingerprint density at radius 1 is 1.40 bits per heavy atom. The number of Topliss-reactive ketones (excluding diaryl/α,β-unsaturated/α-hetero) is 1. The molecule has 2 amide bonds. The van der Waals surface area contributed by atoms with Gasteiger partial charge in [-0.2, -0.15) is 0 Å². The molecule has 1 fully saturated rings. The van der Waals surface area contributed by atoms with Gasteiger partial charge in [-0.15, -0.1) is 0 Å².